The predicted octanol–water partition coefficient (Wildman–Crippen LogP) is 0.700. The summed E-state index contributed by atoms with van der Waals surface area (Å²) in [5, 5.41) is 3.50. The summed E-state index contributed by atoms with van der Waals surface area (Å²) < 4.78 is 4.88. The molecule has 0 saturated carbocycles. The fourth-order valence-electron chi connectivity index (χ4n) is 2.28. The standard InChI is InChI=1S/C14H20N2O3S/c1-8(2)12(17)15-13-11(14(18)19-4)9-5-6-16(3)7-10(9)20-13/h8H,5-7H2,1-4H3,(H,15,17)/p+1. The van der Waals surface area contributed by atoms with Crippen LogP contribution >= 0.6 is 11.3 Å². The van der Waals surface area contributed by atoms with Crippen molar-refractivity contribution < 1.29 is 19.2 Å². The monoisotopic (exact) mass is 297 g/mol. The molecule has 0 saturated heterocycles. The third-order valence-corrected chi connectivity index (χ3v) is 4.65. The highest BCUT2D eigenvalue weighted by molar-refractivity contribution is 7.17. The van der Waals surface area contributed by atoms with Crippen LogP contribution in [0.4, 0.5) is 5.00 Å². The van der Waals surface area contributed by atoms with Crippen molar-refractivity contribution in [3.05, 3.63) is 16.0 Å². The zero-order valence-corrected chi connectivity index (χ0v) is 13.1. The summed E-state index contributed by atoms with van der Waals surface area (Å²) in [6.45, 7) is 5.55. The summed E-state index contributed by atoms with van der Waals surface area (Å²) in [6, 6.07) is 0. The Kier molecular flexibility index (Phi) is 4.45. The van der Waals surface area contributed by atoms with Gasteiger partial charge in [0.2, 0.25) is 5.91 Å². The van der Waals surface area contributed by atoms with Crippen LogP contribution in [0, 0.1) is 5.92 Å². The number of likely N-dealkylation sites (N-methyl/N-ethyl adjacent to an activating group) is 1. The molecule has 2 heterocycles. The molecule has 1 unspecified atom stereocenters. The normalized spacial score (nSPS) is 17.8. The zero-order chi connectivity index (χ0) is 14.9. The number of hydrogen-bond acceptors (Lipinski definition) is 4. The number of fused-ring (bicyclic) bond motifs is 1. The molecule has 0 fully saturated rings. The van der Waals surface area contributed by atoms with Crippen LogP contribution in [0.15, 0.2) is 0 Å². The fraction of sp³-hybridized carbons (Fsp3) is 0.571. The Morgan fingerprint density at radius 1 is 1.40 bits per heavy atom. The molecule has 0 bridgehead atoms. The van der Waals surface area contributed by atoms with Crippen LogP contribution in [0.1, 0.15) is 34.6 Å². The summed E-state index contributed by atoms with van der Waals surface area (Å²) in [6.07, 6.45) is 0.847. The molecular weight excluding hydrogens is 276 g/mol. The molecule has 0 spiro atoms. The van der Waals surface area contributed by atoms with Gasteiger partial charge in [-0.15, -0.1) is 11.3 Å². The van der Waals surface area contributed by atoms with E-state index < -0.39 is 0 Å². The number of anilines is 1. The van der Waals surface area contributed by atoms with Crippen LogP contribution in [-0.4, -0.2) is 32.6 Å². The van der Waals surface area contributed by atoms with Gasteiger partial charge in [0.1, 0.15) is 11.5 Å². The van der Waals surface area contributed by atoms with Crippen LogP contribution in [-0.2, 0) is 22.5 Å². The number of rotatable bonds is 3. The number of amides is 1. The van der Waals surface area contributed by atoms with E-state index in [4.69, 9.17) is 4.74 Å². The van der Waals surface area contributed by atoms with Gasteiger partial charge in [-0.2, -0.15) is 0 Å². The van der Waals surface area contributed by atoms with Crippen molar-refractivity contribution in [2.75, 3.05) is 26.0 Å². The summed E-state index contributed by atoms with van der Waals surface area (Å²) in [4.78, 5) is 26.5. The van der Waals surface area contributed by atoms with Crippen molar-refractivity contribution in [2.24, 2.45) is 5.92 Å². The van der Waals surface area contributed by atoms with E-state index in [1.807, 2.05) is 13.8 Å². The molecule has 0 aromatic carbocycles. The van der Waals surface area contributed by atoms with E-state index in [1.165, 1.54) is 28.2 Å². The van der Waals surface area contributed by atoms with Gasteiger partial charge in [0, 0.05) is 12.3 Å². The molecule has 1 atom stereocenters. The Bertz CT molecular complexity index is 537. The average Bonchev–Trinajstić information content (AvgIpc) is 2.74. The second-order valence-electron chi connectivity index (χ2n) is 5.48. The quantitative estimate of drug-likeness (QED) is 0.808. The number of hydrogen-bond donors (Lipinski definition) is 2. The Labute approximate surface area is 122 Å². The summed E-state index contributed by atoms with van der Waals surface area (Å²) in [5.74, 6) is -0.552. The molecule has 2 rings (SSSR count). The number of esters is 1. The maximum Gasteiger partial charge on any atom is 0.341 e. The molecule has 20 heavy (non-hydrogen) atoms. The van der Waals surface area contributed by atoms with E-state index in [9.17, 15) is 9.59 Å². The van der Waals surface area contributed by atoms with E-state index in [0.29, 0.717) is 10.6 Å². The van der Waals surface area contributed by atoms with Gasteiger partial charge in [-0.25, -0.2) is 4.79 Å². The first-order chi connectivity index (χ1) is 9.43. The van der Waals surface area contributed by atoms with Gasteiger partial charge in [0.15, 0.2) is 0 Å². The number of thiophene rings is 1. The van der Waals surface area contributed by atoms with Gasteiger partial charge in [-0.05, 0) is 5.56 Å². The van der Waals surface area contributed by atoms with Gasteiger partial charge < -0.3 is 15.0 Å². The van der Waals surface area contributed by atoms with Crippen LogP contribution in [0.3, 0.4) is 0 Å². The Morgan fingerprint density at radius 2 is 2.10 bits per heavy atom. The molecule has 110 valence electrons. The van der Waals surface area contributed by atoms with E-state index in [0.717, 1.165) is 25.1 Å². The molecule has 1 aromatic heterocycles. The first-order valence-electron chi connectivity index (χ1n) is 6.79. The summed E-state index contributed by atoms with van der Waals surface area (Å²) in [5.41, 5.74) is 1.60. The smallest absolute Gasteiger partial charge is 0.341 e. The minimum absolute atomic E-state index is 0.0746. The first kappa shape index (κ1) is 15.0. The highest BCUT2D eigenvalue weighted by atomic mass is 32.1. The summed E-state index contributed by atoms with van der Waals surface area (Å²) >= 11 is 1.50. The molecule has 1 amide bonds. The molecule has 0 radical (unpaired) electrons. The molecule has 1 aliphatic heterocycles. The molecule has 0 aliphatic carbocycles. The fourth-order valence-corrected chi connectivity index (χ4v) is 3.64. The van der Waals surface area contributed by atoms with Gasteiger partial charge in [-0.1, -0.05) is 13.8 Å². The minimum Gasteiger partial charge on any atom is -0.465 e. The predicted molar refractivity (Wildman–Crippen MR) is 78.3 cm³/mol. The Balaban J connectivity index is 2.40. The number of ether oxygens (including phenoxy) is 1. The number of carbonyl (C=O) groups is 2. The van der Waals surface area contributed by atoms with E-state index in [2.05, 4.69) is 12.4 Å². The maximum atomic E-state index is 12.0. The van der Waals surface area contributed by atoms with Crippen molar-refractivity contribution in [1.29, 1.82) is 0 Å². The SMILES string of the molecule is COC(=O)c1c(NC(=O)C(C)C)sc2c1CC[NH+](C)C2. The third-order valence-electron chi connectivity index (χ3n) is 3.51. The van der Waals surface area contributed by atoms with Crippen molar-refractivity contribution in [1.82, 2.24) is 0 Å². The average molecular weight is 297 g/mol. The topological polar surface area (TPSA) is 59.8 Å². The van der Waals surface area contributed by atoms with Gasteiger partial charge >= 0.3 is 5.97 Å². The number of quaternary nitrogens is 1. The molecule has 1 aromatic rings. The van der Waals surface area contributed by atoms with E-state index in [-0.39, 0.29) is 17.8 Å². The van der Waals surface area contributed by atoms with Crippen molar-refractivity contribution in [3.63, 3.8) is 0 Å². The van der Waals surface area contributed by atoms with Crippen molar-refractivity contribution in [3.8, 4) is 0 Å². The van der Waals surface area contributed by atoms with Crippen molar-refractivity contribution >= 4 is 28.2 Å². The van der Waals surface area contributed by atoms with E-state index >= 15 is 0 Å². The van der Waals surface area contributed by atoms with Crippen LogP contribution in [0.2, 0.25) is 0 Å². The molecule has 2 N–H and O–H groups in total. The zero-order valence-electron chi connectivity index (χ0n) is 12.3. The largest absolute Gasteiger partial charge is 0.465 e. The highest BCUT2D eigenvalue weighted by Gasteiger charge is 2.30. The second kappa shape index (κ2) is 5.93. The van der Waals surface area contributed by atoms with Crippen LogP contribution in [0.5, 0.6) is 0 Å². The lowest BCUT2D eigenvalue weighted by atomic mass is 10.0. The number of methoxy groups -OCH3 is 1. The first-order valence-corrected chi connectivity index (χ1v) is 7.60. The van der Waals surface area contributed by atoms with E-state index in [1.54, 1.807) is 0 Å². The maximum absolute atomic E-state index is 12.0. The Hall–Kier alpha value is -1.40. The molecule has 5 nitrogen and oxygen atoms in total. The highest BCUT2D eigenvalue weighted by Crippen LogP contribution is 2.35. The second-order valence-corrected chi connectivity index (χ2v) is 6.58. The molecule has 1 aliphatic rings. The van der Waals surface area contributed by atoms with Gasteiger partial charge in [0.25, 0.3) is 0 Å². The van der Waals surface area contributed by atoms with Gasteiger partial charge in [-0.3, -0.25) is 4.79 Å². The molecular formula is C14H21N2O3S+. The summed E-state index contributed by atoms with van der Waals surface area (Å²) in [7, 11) is 3.51. The van der Waals surface area contributed by atoms with Crippen molar-refractivity contribution in [2.45, 2.75) is 26.8 Å². The third kappa shape index (κ3) is 2.86. The number of carbonyl (C=O) groups excluding carboxylic acids is 2. The minimum atomic E-state index is -0.360. The lowest BCUT2D eigenvalue weighted by molar-refractivity contribution is -0.895. The molecule has 6 heteroatoms. The van der Waals surface area contributed by atoms with Gasteiger partial charge in [0.05, 0.1) is 31.1 Å². The lowest BCUT2D eigenvalue weighted by Crippen LogP contribution is -3.08. The Morgan fingerprint density at radius 3 is 2.70 bits per heavy atom. The lowest BCUT2D eigenvalue weighted by Gasteiger charge is -2.19. The van der Waals surface area contributed by atoms with Crippen LogP contribution < -0.4 is 10.2 Å². The van der Waals surface area contributed by atoms with Crippen LogP contribution in [0.25, 0.3) is 0 Å². The number of nitrogens with one attached hydrogen (secondary N) is 2.